The third-order valence-electron chi connectivity index (χ3n) is 4.25. The van der Waals surface area contributed by atoms with Crippen molar-refractivity contribution in [3.63, 3.8) is 0 Å². The molecule has 0 aromatic heterocycles. The topological polar surface area (TPSA) is 108 Å². The molecule has 0 heterocycles. The number of fused-ring (bicyclic) bond motifs is 1. The van der Waals surface area contributed by atoms with Gasteiger partial charge in [0, 0.05) is 43.0 Å². The highest BCUT2D eigenvalue weighted by molar-refractivity contribution is 5.66. The molecule has 1 aliphatic rings. The van der Waals surface area contributed by atoms with Crippen LogP contribution < -0.4 is 10.1 Å². The number of benzene rings is 1. The molecule has 2 rings (SSSR count). The Kier molecular flexibility index (Phi) is 6.49. The van der Waals surface area contributed by atoms with Crippen LogP contribution in [0.1, 0.15) is 38.8 Å². The second-order valence-electron chi connectivity index (χ2n) is 7.76. The molecule has 1 unspecified atom stereocenters. The van der Waals surface area contributed by atoms with Gasteiger partial charge in [0.25, 0.3) is 0 Å². The molecule has 0 spiro atoms. The van der Waals surface area contributed by atoms with Crippen LogP contribution in [0.3, 0.4) is 0 Å². The molecule has 1 aliphatic carbocycles. The fourth-order valence-corrected chi connectivity index (χ4v) is 2.91. The quantitative estimate of drug-likeness (QED) is 0.554. The number of hydrogen-bond donors (Lipinski definition) is 4. The Hall–Kier alpha value is -1.83. The first-order valence-electron chi connectivity index (χ1n) is 8.81. The largest absolute Gasteiger partial charge is 0.508 e. The molecule has 26 heavy (non-hydrogen) atoms. The van der Waals surface area contributed by atoms with E-state index >= 15 is 0 Å². The van der Waals surface area contributed by atoms with E-state index in [0.29, 0.717) is 23.4 Å². The second-order valence-corrected chi connectivity index (χ2v) is 7.76. The minimum atomic E-state index is -0.909. The molecular formula is C19H29NO6. The molecule has 0 amide bonds. The van der Waals surface area contributed by atoms with Gasteiger partial charge in [-0.2, -0.15) is 0 Å². The maximum atomic E-state index is 11.3. The van der Waals surface area contributed by atoms with Crippen LogP contribution in [-0.4, -0.2) is 58.3 Å². The number of carbonyl (C=O) groups is 1. The van der Waals surface area contributed by atoms with E-state index < -0.39 is 18.3 Å². The van der Waals surface area contributed by atoms with E-state index in [2.05, 4.69) is 5.32 Å². The van der Waals surface area contributed by atoms with E-state index in [-0.39, 0.29) is 36.7 Å². The van der Waals surface area contributed by atoms with Gasteiger partial charge >= 0.3 is 5.97 Å². The summed E-state index contributed by atoms with van der Waals surface area (Å²) in [6.07, 6.45) is -1.93. The Bertz CT molecular complexity index is 640. The van der Waals surface area contributed by atoms with Gasteiger partial charge in [-0.15, -0.1) is 0 Å². The van der Waals surface area contributed by atoms with E-state index in [1.54, 1.807) is 6.07 Å². The Labute approximate surface area is 153 Å². The first-order chi connectivity index (χ1) is 12.1. The number of ether oxygens (including phenoxy) is 2. The standard InChI is InChI=1S/C19H29NO6/c1-11(21)26-12(9-20-19(2,3)4)10-25-18-6-5-15(22)13-7-16(23)17(24)8-14(13)18/h5-6,12,16-17,20,22-24H,7-10H2,1-4H3/t12?,16-,17-/m0/s1. The molecule has 0 saturated heterocycles. The smallest absolute Gasteiger partial charge is 0.303 e. The van der Waals surface area contributed by atoms with Crippen LogP contribution in [0.4, 0.5) is 0 Å². The second kappa shape index (κ2) is 8.24. The van der Waals surface area contributed by atoms with Gasteiger partial charge in [0.05, 0.1) is 12.2 Å². The van der Waals surface area contributed by atoms with Crippen LogP contribution >= 0.6 is 0 Å². The fourth-order valence-electron chi connectivity index (χ4n) is 2.91. The molecule has 3 atom stereocenters. The number of nitrogens with one attached hydrogen (secondary N) is 1. The number of phenols is 1. The molecule has 7 heteroatoms. The molecule has 1 aromatic carbocycles. The van der Waals surface area contributed by atoms with Gasteiger partial charge in [0.2, 0.25) is 0 Å². The van der Waals surface area contributed by atoms with Crippen molar-refractivity contribution in [2.24, 2.45) is 0 Å². The van der Waals surface area contributed by atoms with Gasteiger partial charge < -0.3 is 30.1 Å². The summed E-state index contributed by atoms with van der Waals surface area (Å²) in [5, 5.41) is 33.1. The molecule has 0 bridgehead atoms. The van der Waals surface area contributed by atoms with E-state index in [0.717, 1.165) is 0 Å². The Morgan fingerprint density at radius 2 is 1.85 bits per heavy atom. The predicted octanol–water partition coefficient (Wildman–Crippen LogP) is 0.911. The zero-order valence-electron chi connectivity index (χ0n) is 15.8. The Balaban J connectivity index is 2.11. The molecule has 1 aromatic rings. The number of aromatic hydroxyl groups is 1. The maximum absolute atomic E-state index is 11.3. The molecule has 0 saturated carbocycles. The van der Waals surface area contributed by atoms with Gasteiger partial charge in [0.1, 0.15) is 24.2 Å². The zero-order chi connectivity index (χ0) is 19.5. The highest BCUT2D eigenvalue weighted by Gasteiger charge is 2.30. The highest BCUT2D eigenvalue weighted by Crippen LogP contribution is 2.35. The number of rotatable bonds is 6. The molecule has 146 valence electrons. The van der Waals surface area contributed by atoms with E-state index in [9.17, 15) is 20.1 Å². The SMILES string of the molecule is CC(=O)OC(CNC(C)(C)C)COc1ccc(O)c2c1C[C@H](O)[C@@H](O)C2. The van der Waals surface area contributed by atoms with Crippen molar-refractivity contribution in [2.45, 2.75) is 64.4 Å². The fraction of sp³-hybridized carbons (Fsp3) is 0.632. The average Bonchev–Trinajstić information content (AvgIpc) is 2.52. The minimum absolute atomic E-state index is 0.0734. The summed E-state index contributed by atoms with van der Waals surface area (Å²) < 4.78 is 11.2. The molecule has 0 radical (unpaired) electrons. The highest BCUT2D eigenvalue weighted by atomic mass is 16.6. The number of aliphatic hydroxyl groups is 2. The summed E-state index contributed by atoms with van der Waals surface area (Å²) in [6, 6.07) is 3.13. The summed E-state index contributed by atoms with van der Waals surface area (Å²) in [5.41, 5.74) is 1.13. The number of hydrogen-bond acceptors (Lipinski definition) is 7. The zero-order valence-corrected chi connectivity index (χ0v) is 15.8. The molecule has 7 nitrogen and oxygen atoms in total. The van der Waals surface area contributed by atoms with Crippen LogP contribution in [0.25, 0.3) is 0 Å². The van der Waals surface area contributed by atoms with Gasteiger partial charge in [-0.05, 0) is 32.9 Å². The average molecular weight is 367 g/mol. The van der Waals surface area contributed by atoms with Crippen molar-refractivity contribution < 1.29 is 29.6 Å². The summed E-state index contributed by atoms with van der Waals surface area (Å²) >= 11 is 0. The first-order valence-corrected chi connectivity index (χ1v) is 8.81. The first kappa shape index (κ1) is 20.5. The van der Waals surface area contributed by atoms with Crippen LogP contribution in [0.2, 0.25) is 0 Å². The van der Waals surface area contributed by atoms with Crippen LogP contribution in [-0.2, 0) is 22.4 Å². The van der Waals surface area contributed by atoms with E-state index in [1.165, 1.54) is 13.0 Å². The predicted molar refractivity (Wildman–Crippen MR) is 96.3 cm³/mol. The number of carbonyl (C=O) groups excluding carboxylic acids is 1. The summed E-state index contributed by atoms with van der Waals surface area (Å²) in [7, 11) is 0. The van der Waals surface area contributed by atoms with Crippen LogP contribution in [0.15, 0.2) is 12.1 Å². The lowest BCUT2D eigenvalue weighted by Crippen LogP contribution is -2.44. The van der Waals surface area contributed by atoms with Gasteiger partial charge in [-0.1, -0.05) is 0 Å². The molecular weight excluding hydrogens is 338 g/mol. The minimum Gasteiger partial charge on any atom is -0.508 e. The number of aliphatic hydroxyl groups excluding tert-OH is 2. The van der Waals surface area contributed by atoms with Crippen molar-refractivity contribution in [2.75, 3.05) is 13.2 Å². The lowest BCUT2D eigenvalue weighted by molar-refractivity contribution is -0.147. The van der Waals surface area contributed by atoms with Crippen molar-refractivity contribution in [3.05, 3.63) is 23.3 Å². The summed E-state index contributed by atoms with van der Waals surface area (Å²) in [6.45, 7) is 7.97. The third kappa shape index (κ3) is 5.59. The van der Waals surface area contributed by atoms with Gasteiger partial charge in [-0.3, -0.25) is 4.79 Å². The number of esters is 1. The van der Waals surface area contributed by atoms with E-state index in [1.807, 2.05) is 20.8 Å². The van der Waals surface area contributed by atoms with E-state index in [4.69, 9.17) is 9.47 Å². The Morgan fingerprint density at radius 1 is 1.23 bits per heavy atom. The summed E-state index contributed by atoms with van der Waals surface area (Å²) in [5.74, 6) is 0.196. The van der Waals surface area contributed by atoms with Crippen LogP contribution in [0.5, 0.6) is 11.5 Å². The van der Waals surface area contributed by atoms with Gasteiger partial charge in [0.15, 0.2) is 0 Å². The number of phenolic OH excluding ortho intramolecular Hbond substituents is 1. The van der Waals surface area contributed by atoms with Crippen molar-refractivity contribution >= 4 is 5.97 Å². The summed E-state index contributed by atoms with van der Waals surface area (Å²) in [4.78, 5) is 11.3. The molecule has 4 N–H and O–H groups in total. The van der Waals surface area contributed by atoms with Crippen LogP contribution in [0, 0.1) is 0 Å². The monoisotopic (exact) mass is 367 g/mol. The lowest BCUT2D eigenvalue weighted by Gasteiger charge is -2.29. The maximum Gasteiger partial charge on any atom is 0.303 e. The third-order valence-corrected chi connectivity index (χ3v) is 4.25. The molecule has 0 aliphatic heterocycles. The Morgan fingerprint density at radius 3 is 2.42 bits per heavy atom. The van der Waals surface area contributed by atoms with Crippen molar-refractivity contribution in [3.8, 4) is 11.5 Å². The molecule has 0 fully saturated rings. The van der Waals surface area contributed by atoms with Crippen molar-refractivity contribution in [1.82, 2.24) is 5.32 Å². The van der Waals surface area contributed by atoms with Crippen molar-refractivity contribution in [1.29, 1.82) is 0 Å². The lowest BCUT2D eigenvalue weighted by atomic mass is 9.86. The van der Waals surface area contributed by atoms with Gasteiger partial charge in [-0.25, -0.2) is 0 Å². The normalized spacial score (nSPS) is 21.0.